The monoisotopic (exact) mass is 293 g/mol. The number of benzene rings is 1. The molecule has 6 heteroatoms. The molecule has 1 unspecified atom stereocenters. The number of aromatic carboxylic acids is 1. The van der Waals surface area contributed by atoms with Crippen molar-refractivity contribution in [3.8, 4) is 0 Å². The molecule has 1 atom stereocenters. The van der Waals surface area contributed by atoms with Gasteiger partial charge in [-0.15, -0.1) is 0 Å². The lowest BCUT2D eigenvalue weighted by Gasteiger charge is -2.23. The van der Waals surface area contributed by atoms with Crippen LogP contribution in [0.1, 0.15) is 31.1 Å². The van der Waals surface area contributed by atoms with Crippen LogP contribution in [0.5, 0.6) is 0 Å². The Labute approximate surface area is 124 Å². The summed E-state index contributed by atoms with van der Waals surface area (Å²) in [6, 6.07) is 4.68. The molecule has 0 aliphatic rings. The van der Waals surface area contributed by atoms with Gasteiger partial charge < -0.3 is 21.1 Å². The van der Waals surface area contributed by atoms with Crippen LogP contribution >= 0.6 is 0 Å². The van der Waals surface area contributed by atoms with Gasteiger partial charge in [-0.1, -0.05) is 13.8 Å². The van der Waals surface area contributed by atoms with E-state index in [4.69, 9.17) is 5.73 Å². The molecule has 0 fully saturated rings. The first kappa shape index (κ1) is 16.8. The van der Waals surface area contributed by atoms with E-state index in [0.29, 0.717) is 17.3 Å². The highest BCUT2D eigenvalue weighted by Gasteiger charge is 2.17. The smallest absolute Gasteiger partial charge is 0.337 e. The zero-order chi connectivity index (χ0) is 16.2. The van der Waals surface area contributed by atoms with Crippen LogP contribution in [-0.2, 0) is 4.79 Å². The molecule has 0 saturated carbocycles. The van der Waals surface area contributed by atoms with Crippen molar-refractivity contribution in [3.05, 3.63) is 23.8 Å². The van der Waals surface area contributed by atoms with Crippen LogP contribution < -0.4 is 16.0 Å². The van der Waals surface area contributed by atoms with Crippen molar-refractivity contribution >= 4 is 23.3 Å². The summed E-state index contributed by atoms with van der Waals surface area (Å²) in [6.45, 7) is 6.07. The van der Waals surface area contributed by atoms with Crippen LogP contribution in [0.15, 0.2) is 18.2 Å². The average Bonchev–Trinajstić information content (AvgIpc) is 2.37. The Morgan fingerprint density at radius 3 is 2.48 bits per heavy atom. The molecule has 0 aliphatic carbocycles. The van der Waals surface area contributed by atoms with Gasteiger partial charge in [-0.25, -0.2) is 4.79 Å². The molecular formula is C15H23N3O3. The minimum atomic E-state index is -1.07. The average molecular weight is 293 g/mol. The molecule has 0 aromatic heterocycles. The Kier molecular flexibility index (Phi) is 5.58. The highest BCUT2D eigenvalue weighted by Crippen LogP contribution is 2.22. The molecule has 6 nitrogen and oxygen atoms in total. The molecule has 1 rings (SSSR count). The number of likely N-dealkylation sites (N-methyl/N-ethyl adjacent to an activating group) is 1. The fourth-order valence-electron chi connectivity index (χ4n) is 1.82. The normalized spacial score (nSPS) is 12.0. The van der Waals surface area contributed by atoms with E-state index >= 15 is 0 Å². The van der Waals surface area contributed by atoms with Gasteiger partial charge >= 0.3 is 5.97 Å². The van der Waals surface area contributed by atoms with Crippen molar-refractivity contribution in [2.45, 2.75) is 26.8 Å². The molecule has 1 aromatic carbocycles. The minimum absolute atomic E-state index is 0.0660. The SMILES string of the molecule is CC(C)C(C)NC(=O)CN(C)c1ccc(N)cc1C(=O)O. The quantitative estimate of drug-likeness (QED) is 0.692. The first-order valence-corrected chi connectivity index (χ1v) is 6.85. The highest BCUT2D eigenvalue weighted by molar-refractivity contribution is 5.96. The molecule has 0 bridgehead atoms. The van der Waals surface area contributed by atoms with Crippen LogP contribution in [0.4, 0.5) is 11.4 Å². The van der Waals surface area contributed by atoms with Gasteiger partial charge in [0.2, 0.25) is 5.91 Å². The molecule has 21 heavy (non-hydrogen) atoms. The van der Waals surface area contributed by atoms with Crippen LogP contribution in [-0.4, -0.2) is 36.6 Å². The molecule has 0 radical (unpaired) electrons. The van der Waals surface area contributed by atoms with Gasteiger partial charge in [0.1, 0.15) is 0 Å². The molecular weight excluding hydrogens is 270 g/mol. The number of anilines is 2. The summed E-state index contributed by atoms with van der Waals surface area (Å²) in [7, 11) is 1.68. The number of hydrogen-bond donors (Lipinski definition) is 3. The predicted molar refractivity (Wildman–Crippen MR) is 83.5 cm³/mol. The molecule has 116 valence electrons. The van der Waals surface area contributed by atoms with Crippen molar-refractivity contribution in [2.75, 3.05) is 24.2 Å². The lowest BCUT2D eigenvalue weighted by Crippen LogP contribution is -2.42. The van der Waals surface area contributed by atoms with Gasteiger partial charge in [0.25, 0.3) is 0 Å². The fourth-order valence-corrected chi connectivity index (χ4v) is 1.82. The summed E-state index contributed by atoms with van der Waals surface area (Å²) in [5.74, 6) is -0.877. The van der Waals surface area contributed by atoms with E-state index in [1.807, 2.05) is 20.8 Å². The van der Waals surface area contributed by atoms with Crippen molar-refractivity contribution < 1.29 is 14.7 Å². The zero-order valence-corrected chi connectivity index (χ0v) is 12.9. The fraction of sp³-hybridized carbons (Fsp3) is 0.467. The number of nitrogens with one attached hydrogen (secondary N) is 1. The summed E-state index contributed by atoms with van der Waals surface area (Å²) < 4.78 is 0. The number of carboxylic acid groups (broad SMARTS) is 1. The van der Waals surface area contributed by atoms with E-state index in [9.17, 15) is 14.7 Å². The number of carboxylic acids is 1. The third kappa shape index (κ3) is 4.66. The van der Waals surface area contributed by atoms with Crippen LogP contribution in [0.2, 0.25) is 0 Å². The van der Waals surface area contributed by atoms with Gasteiger partial charge in [-0.05, 0) is 31.0 Å². The van der Waals surface area contributed by atoms with Crippen molar-refractivity contribution in [1.29, 1.82) is 0 Å². The summed E-state index contributed by atoms with van der Waals surface area (Å²) in [4.78, 5) is 24.8. The maximum absolute atomic E-state index is 12.0. The second kappa shape index (κ2) is 6.97. The standard InChI is InChI=1S/C15H23N3O3/c1-9(2)10(3)17-14(19)8-18(4)13-6-5-11(16)7-12(13)15(20)21/h5-7,9-10H,8,16H2,1-4H3,(H,17,19)(H,20,21). The maximum Gasteiger partial charge on any atom is 0.337 e. The lowest BCUT2D eigenvalue weighted by atomic mass is 10.1. The van der Waals surface area contributed by atoms with Crippen LogP contribution in [0, 0.1) is 5.92 Å². The predicted octanol–water partition coefficient (Wildman–Crippen LogP) is 1.56. The molecule has 0 heterocycles. The second-order valence-electron chi connectivity index (χ2n) is 5.54. The van der Waals surface area contributed by atoms with Gasteiger partial charge in [0.15, 0.2) is 0 Å². The Hall–Kier alpha value is -2.24. The van der Waals surface area contributed by atoms with E-state index in [2.05, 4.69) is 5.32 Å². The number of nitrogen functional groups attached to an aromatic ring is 1. The molecule has 0 saturated heterocycles. The molecule has 0 spiro atoms. The summed E-state index contributed by atoms with van der Waals surface area (Å²) in [5, 5.41) is 12.1. The van der Waals surface area contributed by atoms with Gasteiger partial charge in [-0.3, -0.25) is 4.79 Å². The van der Waals surface area contributed by atoms with E-state index in [1.165, 1.54) is 6.07 Å². The first-order valence-electron chi connectivity index (χ1n) is 6.85. The van der Waals surface area contributed by atoms with Crippen molar-refractivity contribution in [3.63, 3.8) is 0 Å². The van der Waals surface area contributed by atoms with Crippen molar-refractivity contribution in [2.24, 2.45) is 5.92 Å². The first-order chi connectivity index (χ1) is 9.72. The van der Waals surface area contributed by atoms with E-state index in [-0.39, 0.29) is 24.1 Å². The summed E-state index contributed by atoms with van der Waals surface area (Å²) in [5.41, 5.74) is 6.53. The number of hydrogen-bond acceptors (Lipinski definition) is 4. The highest BCUT2D eigenvalue weighted by atomic mass is 16.4. The Morgan fingerprint density at radius 2 is 1.95 bits per heavy atom. The lowest BCUT2D eigenvalue weighted by molar-refractivity contribution is -0.120. The number of carbonyl (C=O) groups is 2. The third-order valence-corrected chi connectivity index (χ3v) is 3.43. The molecule has 4 N–H and O–H groups in total. The molecule has 0 aliphatic heterocycles. The number of carbonyl (C=O) groups excluding carboxylic acids is 1. The van der Waals surface area contributed by atoms with Crippen LogP contribution in [0.25, 0.3) is 0 Å². The summed E-state index contributed by atoms with van der Waals surface area (Å²) >= 11 is 0. The summed E-state index contributed by atoms with van der Waals surface area (Å²) in [6.07, 6.45) is 0. The van der Waals surface area contributed by atoms with E-state index in [1.54, 1.807) is 24.1 Å². The maximum atomic E-state index is 12.0. The topological polar surface area (TPSA) is 95.7 Å². The van der Waals surface area contributed by atoms with Gasteiger partial charge in [-0.2, -0.15) is 0 Å². The van der Waals surface area contributed by atoms with Crippen molar-refractivity contribution in [1.82, 2.24) is 5.32 Å². The Bertz CT molecular complexity index is 529. The number of amides is 1. The van der Waals surface area contributed by atoms with E-state index < -0.39 is 5.97 Å². The Morgan fingerprint density at radius 1 is 1.33 bits per heavy atom. The van der Waals surface area contributed by atoms with Gasteiger partial charge in [0, 0.05) is 18.8 Å². The Balaban J connectivity index is 2.82. The molecule has 1 amide bonds. The number of rotatable bonds is 6. The van der Waals surface area contributed by atoms with Gasteiger partial charge in [0.05, 0.1) is 17.8 Å². The minimum Gasteiger partial charge on any atom is -0.478 e. The molecule has 1 aromatic rings. The third-order valence-electron chi connectivity index (χ3n) is 3.43. The van der Waals surface area contributed by atoms with E-state index in [0.717, 1.165) is 0 Å². The second-order valence-corrected chi connectivity index (χ2v) is 5.54. The largest absolute Gasteiger partial charge is 0.478 e. The number of nitrogens with zero attached hydrogens (tertiary/aromatic N) is 1. The van der Waals surface area contributed by atoms with Crippen LogP contribution in [0.3, 0.4) is 0 Å². The zero-order valence-electron chi connectivity index (χ0n) is 12.9. The number of nitrogens with two attached hydrogens (primary N) is 1.